The standard InChI is InChI=1S/C13H19NO3S/c1-8(15)14-9(7-12(16)17)10-5-6-11(18-10)13(2,3)4/h5-6,9H,7H2,1-4H3,(H,14,15)(H,16,17)/t9-/m0/s1. The number of nitrogens with one attached hydrogen (secondary N) is 1. The second-order valence-corrected chi connectivity index (χ2v) is 6.42. The summed E-state index contributed by atoms with van der Waals surface area (Å²) in [5.74, 6) is -1.13. The molecule has 0 aliphatic carbocycles. The van der Waals surface area contributed by atoms with Crippen LogP contribution in [0.4, 0.5) is 0 Å². The molecule has 0 aromatic carbocycles. The van der Waals surface area contributed by atoms with Gasteiger partial charge in [0.15, 0.2) is 0 Å². The van der Waals surface area contributed by atoms with Gasteiger partial charge in [-0.3, -0.25) is 9.59 Å². The molecule has 5 heteroatoms. The SMILES string of the molecule is CC(=O)N[C@@H](CC(=O)O)c1ccc(C(C)(C)C)s1. The molecular weight excluding hydrogens is 250 g/mol. The highest BCUT2D eigenvalue weighted by Crippen LogP contribution is 2.33. The average Bonchev–Trinajstić information content (AvgIpc) is 2.62. The molecule has 1 atom stereocenters. The molecule has 0 aliphatic rings. The first-order valence-corrected chi connectivity index (χ1v) is 6.61. The van der Waals surface area contributed by atoms with E-state index in [1.807, 2.05) is 12.1 Å². The topological polar surface area (TPSA) is 66.4 Å². The number of thiophene rings is 1. The van der Waals surface area contributed by atoms with Gasteiger partial charge < -0.3 is 10.4 Å². The number of hydrogen-bond donors (Lipinski definition) is 2. The molecule has 0 saturated carbocycles. The molecule has 1 aromatic rings. The Morgan fingerprint density at radius 2 is 2.00 bits per heavy atom. The summed E-state index contributed by atoms with van der Waals surface area (Å²) < 4.78 is 0. The molecule has 0 spiro atoms. The summed E-state index contributed by atoms with van der Waals surface area (Å²) in [5.41, 5.74) is 0.0346. The maximum absolute atomic E-state index is 11.1. The van der Waals surface area contributed by atoms with E-state index >= 15 is 0 Å². The highest BCUT2D eigenvalue weighted by atomic mass is 32.1. The summed E-state index contributed by atoms with van der Waals surface area (Å²) in [6, 6.07) is 3.45. The van der Waals surface area contributed by atoms with Gasteiger partial charge in [0.2, 0.25) is 5.91 Å². The third-order valence-corrected chi connectivity index (χ3v) is 4.09. The Morgan fingerprint density at radius 3 is 2.39 bits per heavy atom. The van der Waals surface area contributed by atoms with Gasteiger partial charge >= 0.3 is 5.97 Å². The summed E-state index contributed by atoms with van der Waals surface area (Å²) in [5, 5.41) is 11.6. The number of aliphatic carboxylic acids is 1. The molecule has 0 bridgehead atoms. The van der Waals surface area contributed by atoms with Gasteiger partial charge in [-0.25, -0.2) is 0 Å². The van der Waals surface area contributed by atoms with Crippen molar-refractivity contribution in [3.05, 3.63) is 21.9 Å². The van der Waals surface area contributed by atoms with Crippen LogP contribution in [0.15, 0.2) is 12.1 Å². The molecule has 0 aliphatic heterocycles. The Kier molecular flexibility index (Phi) is 4.51. The fourth-order valence-electron chi connectivity index (χ4n) is 1.59. The monoisotopic (exact) mass is 269 g/mol. The number of amides is 1. The Hall–Kier alpha value is -1.36. The van der Waals surface area contributed by atoms with E-state index in [1.54, 1.807) is 11.3 Å². The van der Waals surface area contributed by atoms with Gasteiger partial charge in [-0.05, 0) is 17.5 Å². The van der Waals surface area contributed by atoms with Crippen molar-refractivity contribution < 1.29 is 14.7 Å². The Labute approximate surface area is 111 Å². The van der Waals surface area contributed by atoms with Gasteiger partial charge in [-0.15, -0.1) is 11.3 Å². The van der Waals surface area contributed by atoms with Gasteiger partial charge in [-0.1, -0.05) is 20.8 Å². The first-order valence-electron chi connectivity index (χ1n) is 5.79. The number of carboxylic acid groups (broad SMARTS) is 1. The lowest BCUT2D eigenvalue weighted by Crippen LogP contribution is -2.27. The average molecular weight is 269 g/mol. The molecule has 0 unspecified atom stereocenters. The molecule has 100 valence electrons. The summed E-state index contributed by atoms with van der Waals surface area (Å²) >= 11 is 1.55. The lowest BCUT2D eigenvalue weighted by Gasteiger charge is -2.17. The largest absolute Gasteiger partial charge is 0.481 e. The minimum atomic E-state index is -0.917. The number of carbonyl (C=O) groups excluding carboxylic acids is 1. The summed E-state index contributed by atoms with van der Waals surface area (Å²) in [7, 11) is 0. The Bertz CT molecular complexity index is 429. The van der Waals surface area contributed by atoms with E-state index in [9.17, 15) is 9.59 Å². The second-order valence-electron chi connectivity index (χ2n) is 5.30. The van der Waals surface area contributed by atoms with E-state index in [0.29, 0.717) is 0 Å². The van der Waals surface area contributed by atoms with Crippen molar-refractivity contribution in [3.8, 4) is 0 Å². The second kappa shape index (κ2) is 5.52. The van der Waals surface area contributed by atoms with Crippen LogP contribution in [-0.4, -0.2) is 17.0 Å². The number of rotatable bonds is 4. The van der Waals surface area contributed by atoms with E-state index in [4.69, 9.17) is 5.11 Å². The summed E-state index contributed by atoms with van der Waals surface area (Å²) in [6.45, 7) is 7.71. The van der Waals surface area contributed by atoms with Crippen LogP contribution in [0.2, 0.25) is 0 Å². The smallest absolute Gasteiger partial charge is 0.305 e. The molecule has 0 radical (unpaired) electrons. The van der Waals surface area contributed by atoms with E-state index in [1.165, 1.54) is 11.8 Å². The van der Waals surface area contributed by atoms with Crippen molar-refractivity contribution in [2.45, 2.75) is 45.6 Å². The normalized spacial score (nSPS) is 13.1. The highest BCUT2D eigenvalue weighted by Gasteiger charge is 2.22. The van der Waals surface area contributed by atoms with Crippen LogP contribution in [0.1, 0.15) is 49.9 Å². The van der Waals surface area contributed by atoms with Crippen molar-refractivity contribution in [3.63, 3.8) is 0 Å². The van der Waals surface area contributed by atoms with Crippen molar-refractivity contribution in [2.24, 2.45) is 0 Å². The predicted molar refractivity (Wildman–Crippen MR) is 71.8 cm³/mol. The Balaban J connectivity index is 2.95. The number of carbonyl (C=O) groups is 2. The van der Waals surface area contributed by atoms with Crippen molar-refractivity contribution in [1.82, 2.24) is 5.32 Å². The zero-order chi connectivity index (χ0) is 13.9. The molecule has 0 fully saturated rings. The van der Waals surface area contributed by atoms with Gasteiger partial charge in [0, 0.05) is 16.7 Å². The zero-order valence-corrected chi connectivity index (χ0v) is 11.9. The maximum Gasteiger partial charge on any atom is 0.305 e. The van der Waals surface area contributed by atoms with Crippen LogP contribution >= 0.6 is 11.3 Å². The van der Waals surface area contributed by atoms with Crippen molar-refractivity contribution in [2.75, 3.05) is 0 Å². The Morgan fingerprint density at radius 1 is 1.39 bits per heavy atom. The van der Waals surface area contributed by atoms with Gasteiger partial charge in [0.1, 0.15) is 0 Å². The van der Waals surface area contributed by atoms with E-state index in [0.717, 1.165) is 4.88 Å². The molecule has 1 amide bonds. The fourth-order valence-corrected chi connectivity index (χ4v) is 2.70. The van der Waals surface area contributed by atoms with Crippen LogP contribution in [0.3, 0.4) is 0 Å². The summed E-state index contributed by atoms with van der Waals surface area (Å²) in [4.78, 5) is 24.0. The van der Waals surface area contributed by atoms with E-state index in [2.05, 4.69) is 26.1 Å². The minimum absolute atomic E-state index is 0.0346. The quantitative estimate of drug-likeness (QED) is 0.883. The molecule has 18 heavy (non-hydrogen) atoms. The maximum atomic E-state index is 11.1. The third-order valence-electron chi connectivity index (χ3n) is 2.47. The van der Waals surface area contributed by atoms with Crippen molar-refractivity contribution >= 4 is 23.2 Å². The van der Waals surface area contributed by atoms with Gasteiger partial charge in [-0.2, -0.15) is 0 Å². The van der Waals surface area contributed by atoms with E-state index < -0.39 is 12.0 Å². The van der Waals surface area contributed by atoms with Gasteiger partial charge in [0.25, 0.3) is 0 Å². The molecular formula is C13H19NO3S. The van der Waals surface area contributed by atoms with Crippen LogP contribution in [0.5, 0.6) is 0 Å². The lowest BCUT2D eigenvalue weighted by molar-refractivity contribution is -0.137. The molecule has 4 nitrogen and oxygen atoms in total. The minimum Gasteiger partial charge on any atom is -0.481 e. The van der Waals surface area contributed by atoms with E-state index in [-0.39, 0.29) is 17.7 Å². The molecule has 0 saturated heterocycles. The first-order chi connectivity index (χ1) is 8.20. The molecule has 2 N–H and O–H groups in total. The molecule has 1 aromatic heterocycles. The predicted octanol–water partition coefficient (Wildman–Crippen LogP) is 2.70. The van der Waals surface area contributed by atoms with Crippen molar-refractivity contribution in [1.29, 1.82) is 0 Å². The lowest BCUT2D eigenvalue weighted by atomic mass is 9.95. The highest BCUT2D eigenvalue weighted by molar-refractivity contribution is 7.12. The van der Waals surface area contributed by atoms with Crippen LogP contribution < -0.4 is 5.32 Å². The van der Waals surface area contributed by atoms with Gasteiger partial charge in [0.05, 0.1) is 12.5 Å². The molecule has 1 rings (SSSR count). The molecule has 1 heterocycles. The zero-order valence-electron chi connectivity index (χ0n) is 11.1. The number of carboxylic acids is 1. The third kappa shape index (κ3) is 4.14. The van der Waals surface area contributed by atoms with Crippen LogP contribution in [0, 0.1) is 0 Å². The van der Waals surface area contributed by atoms with Crippen LogP contribution in [-0.2, 0) is 15.0 Å². The number of hydrogen-bond acceptors (Lipinski definition) is 3. The summed E-state index contributed by atoms with van der Waals surface area (Å²) in [6.07, 6.45) is -0.0936. The fraction of sp³-hybridized carbons (Fsp3) is 0.538. The first kappa shape index (κ1) is 14.7. The van der Waals surface area contributed by atoms with Crippen LogP contribution in [0.25, 0.3) is 0 Å².